The van der Waals surface area contributed by atoms with Gasteiger partial charge in [-0.15, -0.1) is 11.3 Å². The van der Waals surface area contributed by atoms with Crippen molar-refractivity contribution in [2.24, 2.45) is 5.73 Å². The van der Waals surface area contributed by atoms with Gasteiger partial charge in [-0.2, -0.15) is 0 Å². The van der Waals surface area contributed by atoms with Crippen molar-refractivity contribution in [2.75, 3.05) is 5.32 Å². The lowest BCUT2D eigenvalue weighted by Crippen LogP contribution is -2.10. The first-order valence-corrected chi connectivity index (χ1v) is 7.44. The van der Waals surface area contributed by atoms with Crippen LogP contribution in [0.2, 0.25) is 0 Å². The zero-order chi connectivity index (χ0) is 14.1. The normalized spacial score (nSPS) is 10.7. The maximum absolute atomic E-state index is 5.79. The van der Waals surface area contributed by atoms with Gasteiger partial charge in [0.25, 0.3) is 0 Å². The van der Waals surface area contributed by atoms with E-state index in [2.05, 4.69) is 16.4 Å². The lowest BCUT2D eigenvalue weighted by atomic mass is 10.0. The molecule has 3 nitrogen and oxygen atoms in total. The number of hydrogen-bond acceptors (Lipinski definition) is 4. The molecule has 0 bridgehead atoms. The van der Waals surface area contributed by atoms with Gasteiger partial charge in [0.05, 0.1) is 5.69 Å². The molecule has 0 radical (unpaired) electrons. The predicted octanol–water partition coefficient (Wildman–Crippen LogP) is 3.98. The van der Waals surface area contributed by atoms with E-state index >= 15 is 0 Å². The van der Waals surface area contributed by atoms with Crippen LogP contribution in [-0.2, 0) is 0 Å². The van der Waals surface area contributed by atoms with Crippen LogP contribution in [0.1, 0.15) is 11.3 Å². The van der Waals surface area contributed by atoms with Gasteiger partial charge < -0.3 is 11.1 Å². The highest BCUT2D eigenvalue weighted by Gasteiger charge is 2.08. The van der Waals surface area contributed by atoms with E-state index in [9.17, 15) is 0 Å². The molecule has 0 amide bonds. The fourth-order valence-electron chi connectivity index (χ4n) is 2.15. The largest absolute Gasteiger partial charge is 0.389 e. The summed E-state index contributed by atoms with van der Waals surface area (Å²) in [6, 6.07) is 12.0. The van der Waals surface area contributed by atoms with E-state index in [0.29, 0.717) is 4.99 Å². The number of aryl methyl sites for hydroxylation is 1. The van der Waals surface area contributed by atoms with Crippen LogP contribution in [-0.4, -0.2) is 9.97 Å². The Kier molecular flexibility index (Phi) is 3.38. The third kappa shape index (κ3) is 2.37. The summed E-state index contributed by atoms with van der Waals surface area (Å²) in [5.41, 5.74) is 8.71. The van der Waals surface area contributed by atoms with Crippen molar-refractivity contribution in [1.82, 2.24) is 4.98 Å². The second kappa shape index (κ2) is 5.19. The summed E-state index contributed by atoms with van der Waals surface area (Å²) in [7, 11) is 0. The van der Waals surface area contributed by atoms with Crippen molar-refractivity contribution in [3.05, 3.63) is 53.0 Å². The number of nitrogens with one attached hydrogen (secondary N) is 1. The third-order valence-electron chi connectivity index (χ3n) is 3.05. The molecule has 0 saturated carbocycles. The topological polar surface area (TPSA) is 50.9 Å². The Bertz CT molecular complexity index is 793. The van der Waals surface area contributed by atoms with Crippen LogP contribution in [0.4, 0.5) is 10.8 Å². The van der Waals surface area contributed by atoms with E-state index in [1.54, 1.807) is 11.3 Å². The molecule has 3 rings (SSSR count). The fraction of sp³-hybridized carbons (Fsp3) is 0.0667. The van der Waals surface area contributed by atoms with E-state index in [1.807, 2.05) is 42.6 Å². The number of aromatic nitrogens is 1. The van der Waals surface area contributed by atoms with E-state index in [4.69, 9.17) is 18.0 Å². The quantitative estimate of drug-likeness (QED) is 0.718. The van der Waals surface area contributed by atoms with Crippen molar-refractivity contribution in [2.45, 2.75) is 6.92 Å². The molecule has 3 aromatic rings. The highest BCUT2D eigenvalue weighted by molar-refractivity contribution is 7.80. The number of thiocarbonyl (C=S) groups is 1. The molecule has 1 heterocycles. The van der Waals surface area contributed by atoms with Crippen LogP contribution in [0.25, 0.3) is 10.8 Å². The molecule has 5 heteroatoms. The Morgan fingerprint density at radius 2 is 1.95 bits per heavy atom. The fourth-order valence-corrected chi connectivity index (χ4v) is 3.03. The molecule has 0 spiro atoms. The van der Waals surface area contributed by atoms with Gasteiger partial charge >= 0.3 is 0 Å². The smallest absolute Gasteiger partial charge is 0.187 e. The number of thiazole rings is 1. The first-order chi connectivity index (χ1) is 9.65. The molecule has 1 aromatic heterocycles. The summed E-state index contributed by atoms with van der Waals surface area (Å²) in [6.45, 7) is 1.98. The molecule has 0 aliphatic rings. The van der Waals surface area contributed by atoms with Crippen molar-refractivity contribution < 1.29 is 0 Å². The molecule has 0 aliphatic heterocycles. The van der Waals surface area contributed by atoms with Crippen molar-refractivity contribution in [1.29, 1.82) is 0 Å². The molecular formula is C15H13N3S2. The summed E-state index contributed by atoms with van der Waals surface area (Å²) in [5.74, 6) is 0. The number of benzene rings is 2. The first-order valence-electron chi connectivity index (χ1n) is 6.16. The van der Waals surface area contributed by atoms with Crippen LogP contribution >= 0.6 is 23.6 Å². The Morgan fingerprint density at radius 1 is 1.20 bits per heavy atom. The highest BCUT2D eigenvalue weighted by Crippen LogP contribution is 2.30. The van der Waals surface area contributed by atoms with E-state index in [-0.39, 0.29) is 0 Å². The number of nitrogens with two attached hydrogens (primary N) is 1. The summed E-state index contributed by atoms with van der Waals surface area (Å²) in [6.07, 6.45) is 0. The molecule has 0 atom stereocenters. The average molecular weight is 299 g/mol. The standard InChI is InChI=1S/C15H13N3S2/c1-9-8-20-15(17-9)18-13-7-6-12(14(16)19)10-4-2-3-5-11(10)13/h2-8H,1H3,(H2,16,19)(H,17,18). The lowest BCUT2D eigenvalue weighted by molar-refractivity contribution is 1.26. The number of hydrogen-bond donors (Lipinski definition) is 2. The second-order valence-corrected chi connectivity index (χ2v) is 5.79. The maximum atomic E-state index is 5.79. The van der Waals surface area contributed by atoms with Crippen LogP contribution in [0.15, 0.2) is 41.8 Å². The van der Waals surface area contributed by atoms with Gasteiger partial charge in [-0.1, -0.05) is 36.5 Å². The number of anilines is 2. The van der Waals surface area contributed by atoms with E-state index in [0.717, 1.165) is 32.8 Å². The molecule has 0 saturated heterocycles. The predicted molar refractivity (Wildman–Crippen MR) is 90.0 cm³/mol. The molecule has 100 valence electrons. The summed E-state index contributed by atoms with van der Waals surface area (Å²) < 4.78 is 0. The minimum absolute atomic E-state index is 0.415. The molecule has 3 N–H and O–H groups in total. The van der Waals surface area contributed by atoms with Crippen LogP contribution in [0, 0.1) is 6.92 Å². The molecule has 2 aromatic carbocycles. The first kappa shape index (κ1) is 13.0. The van der Waals surface area contributed by atoms with Gasteiger partial charge in [-0.3, -0.25) is 0 Å². The van der Waals surface area contributed by atoms with Crippen molar-refractivity contribution in [3.63, 3.8) is 0 Å². The van der Waals surface area contributed by atoms with Crippen LogP contribution in [0.3, 0.4) is 0 Å². The Labute approximate surface area is 126 Å². The molecule has 0 aliphatic carbocycles. The average Bonchev–Trinajstić information content (AvgIpc) is 2.84. The van der Waals surface area contributed by atoms with Gasteiger partial charge in [0.2, 0.25) is 0 Å². The minimum Gasteiger partial charge on any atom is -0.389 e. The van der Waals surface area contributed by atoms with Gasteiger partial charge in [0, 0.05) is 22.0 Å². The van der Waals surface area contributed by atoms with Gasteiger partial charge in [0.1, 0.15) is 4.99 Å². The van der Waals surface area contributed by atoms with Crippen LogP contribution in [0.5, 0.6) is 0 Å². The van der Waals surface area contributed by atoms with Gasteiger partial charge in [-0.25, -0.2) is 4.98 Å². The molecule has 0 fully saturated rings. The van der Waals surface area contributed by atoms with Gasteiger partial charge in [-0.05, 0) is 24.4 Å². The SMILES string of the molecule is Cc1csc(Nc2ccc(C(N)=S)c3ccccc23)n1. The number of nitrogens with zero attached hydrogens (tertiary/aromatic N) is 1. The Morgan fingerprint density at radius 3 is 2.60 bits per heavy atom. The molecular weight excluding hydrogens is 286 g/mol. The monoisotopic (exact) mass is 299 g/mol. The Hall–Kier alpha value is -1.98. The lowest BCUT2D eigenvalue weighted by Gasteiger charge is -2.10. The van der Waals surface area contributed by atoms with Crippen LogP contribution < -0.4 is 11.1 Å². The molecule has 20 heavy (non-hydrogen) atoms. The minimum atomic E-state index is 0.415. The van der Waals surface area contributed by atoms with Gasteiger partial charge in [0.15, 0.2) is 5.13 Å². The van der Waals surface area contributed by atoms with E-state index < -0.39 is 0 Å². The molecule has 0 unspecified atom stereocenters. The number of fused-ring (bicyclic) bond motifs is 1. The summed E-state index contributed by atoms with van der Waals surface area (Å²) >= 11 is 6.70. The number of rotatable bonds is 3. The maximum Gasteiger partial charge on any atom is 0.187 e. The van der Waals surface area contributed by atoms with E-state index in [1.165, 1.54) is 0 Å². The summed E-state index contributed by atoms with van der Waals surface area (Å²) in [5, 5.41) is 8.41. The van der Waals surface area contributed by atoms with Crippen molar-refractivity contribution in [3.8, 4) is 0 Å². The highest BCUT2D eigenvalue weighted by atomic mass is 32.1. The second-order valence-electron chi connectivity index (χ2n) is 4.49. The zero-order valence-electron chi connectivity index (χ0n) is 10.9. The third-order valence-corrected chi connectivity index (χ3v) is 4.15. The Balaban J connectivity index is 2.12. The van der Waals surface area contributed by atoms with Crippen molar-refractivity contribution >= 4 is 50.1 Å². The summed E-state index contributed by atoms with van der Waals surface area (Å²) in [4.78, 5) is 4.84. The zero-order valence-corrected chi connectivity index (χ0v) is 12.5.